The summed E-state index contributed by atoms with van der Waals surface area (Å²) in [5, 5.41) is 2.97. The Bertz CT molecular complexity index is 366. The van der Waals surface area contributed by atoms with Gasteiger partial charge >= 0.3 is 6.03 Å². The Hall–Kier alpha value is -1.26. The molecule has 5 nitrogen and oxygen atoms in total. The van der Waals surface area contributed by atoms with Crippen LogP contribution >= 0.6 is 0 Å². The van der Waals surface area contributed by atoms with Gasteiger partial charge in [0.2, 0.25) is 5.91 Å². The minimum Gasteiger partial charge on any atom is -0.340 e. The van der Waals surface area contributed by atoms with E-state index in [2.05, 4.69) is 5.32 Å². The van der Waals surface area contributed by atoms with Gasteiger partial charge in [0.05, 0.1) is 0 Å². The fraction of sp³-hybridized carbons (Fsp3) is 0.867. The van der Waals surface area contributed by atoms with Crippen LogP contribution in [0, 0.1) is 5.41 Å². The van der Waals surface area contributed by atoms with Crippen LogP contribution in [0.3, 0.4) is 0 Å². The summed E-state index contributed by atoms with van der Waals surface area (Å²) in [4.78, 5) is 28.1. The van der Waals surface area contributed by atoms with Crippen molar-refractivity contribution in [1.29, 1.82) is 0 Å². The van der Waals surface area contributed by atoms with E-state index in [1.165, 1.54) is 0 Å². The van der Waals surface area contributed by atoms with Gasteiger partial charge in [0.1, 0.15) is 0 Å². The van der Waals surface area contributed by atoms with E-state index in [-0.39, 0.29) is 22.9 Å². The second kappa shape index (κ2) is 6.02. The molecule has 116 valence electrons. The van der Waals surface area contributed by atoms with Crippen molar-refractivity contribution in [2.75, 3.05) is 26.2 Å². The zero-order valence-corrected chi connectivity index (χ0v) is 13.7. The van der Waals surface area contributed by atoms with Crippen LogP contribution in [0.5, 0.6) is 0 Å². The van der Waals surface area contributed by atoms with Gasteiger partial charge < -0.3 is 15.1 Å². The smallest absolute Gasteiger partial charge is 0.317 e. The first-order valence-electron chi connectivity index (χ1n) is 7.37. The van der Waals surface area contributed by atoms with E-state index in [1.54, 1.807) is 4.90 Å². The van der Waals surface area contributed by atoms with Crippen molar-refractivity contribution >= 4 is 11.9 Å². The molecule has 1 saturated heterocycles. The number of amides is 3. The maximum atomic E-state index is 12.3. The highest BCUT2D eigenvalue weighted by molar-refractivity contribution is 5.81. The summed E-state index contributed by atoms with van der Waals surface area (Å²) in [6.07, 6.45) is 0.833. The van der Waals surface area contributed by atoms with Gasteiger partial charge in [0.25, 0.3) is 0 Å². The molecule has 0 spiro atoms. The zero-order valence-electron chi connectivity index (χ0n) is 13.7. The molecule has 0 saturated carbocycles. The van der Waals surface area contributed by atoms with Crippen LogP contribution in [0.25, 0.3) is 0 Å². The fourth-order valence-corrected chi connectivity index (χ4v) is 2.20. The highest BCUT2D eigenvalue weighted by Gasteiger charge is 2.29. The average Bonchev–Trinajstić information content (AvgIpc) is 2.49. The zero-order chi connectivity index (χ0) is 15.6. The van der Waals surface area contributed by atoms with Crippen molar-refractivity contribution in [2.24, 2.45) is 5.41 Å². The third kappa shape index (κ3) is 5.02. The van der Waals surface area contributed by atoms with E-state index in [4.69, 9.17) is 0 Å². The Morgan fingerprint density at radius 2 is 1.35 bits per heavy atom. The van der Waals surface area contributed by atoms with E-state index in [0.29, 0.717) is 19.6 Å². The van der Waals surface area contributed by atoms with Crippen molar-refractivity contribution in [3.05, 3.63) is 0 Å². The summed E-state index contributed by atoms with van der Waals surface area (Å²) < 4.78 is 0. The maximum absolute atomic E-state index is 12.3. The number of urea groups is 1. The number of nitrogens with one attached hydrogen (secondary N) is 1. The van der Waals surface area contributed by atoms with Crippen LogP contribution < -0.4 is 5.32 Å². The number of hydrogen-bond donors (Lipinski definition) is 1. The highest BCUT2D eigenvalue weighted by Crippen LogP contribution is 2.18. The van der Waals surface area contributed by atoms with Gasteiger partial charge in [-0.05, 0) is 27.2 Å². The van der Waals surface area contributed by atoms with Crippen molar-refractivity contribution < 1.29 is 9.59 Å². The molecule has 0 aromatic carbocycles. The Balaban J connectivity index is 2.60. The SMILES string of the molecule is CC(C)(C)NC(=O)N1CCCN(C(=O)C(C)(C)C)CC1. The van der Waals surface area contributed by atoms with E-state index < -0.39 is 0 Å². The Labute approximate surface area is 122 Å². The molecule has 0 aliphatic carbocycles. The summed E-state index contributed by atoms with van der Waals surface area (Å²) in [6, 6.07) is -0.0393. The molecule has 0 aromatic heterocycles. The molecule has 5 heteroatoms. The minimum atomic E-state index is -0.358. The quantitative estimate of drug-likeness (QED) is 0.740. The standard InChI is InChI=1S/C15H29N3O2/c1-14(2,3)12(19)17-8-7-9-18(11-10-17)13(20)16-15(4,5)6/h7-11H2,1-6H3,(H,16,20). The Kier molecular flexibility index (Phi) is 5.05. The van der Waals surface area contributed by atoms with Crippen LogP contribution in [-0.4, -0.2) is 53.5 Å². The summed E-state index contributed by atoms with van der Waals surface area (Å²) >= 11 is 0. The average molecular weight is 283 g/mol. The molecule has 1 heterocycles. The van der Waals surface area contributed by atoms with E-state index in [9.17, 15) is 9.59 Å². The first kappa shape index (κ1) is 16.8. The van der Waals surface area contributed by atoms with Crippen molar-refractivity contribution in [3.63, 3.8) is 0 Å². The van der Waals surface area contributed by atoms with Gasteiger partial charge in [-0.1, -0.05) is 20.8 Å². The summed E-state index contributed by atoms with van der Waals surface area (Å²) in [5.41, 5.74) is -0.590. The summed E-state index contributed by atoms with van der Waals surface area (Å²) in [6.45, 7) is 14.4. The lowest BCUT2D eigenvalue weighted by Gasteiger charge is -2.29. The molecule has 0 atom stereocenters. The maximum Gasteiger partial charge on any atom is 0.317 e. The lowest BCUT2D eigenvalue weighted by molar-refractivity contribution is -0.139. The third-order valence-corrected chi connectivity index (χ3v) is 3.19. The molecule has 0 bridgehead atoms. The lowest BCUT2D eigenvalue weighted by atomic mass is 9.94. The van der Waals surface area contributed by atoms with E-state index >= 15 is 0 Å². The topological polar surface area (TPSA) is 52.7 Å². The molecule has 0 aromatic rings. The molecule has 1 aliphatic rings. The molecule has 1 fully saturated rings. The van der Waals surface area contributed by atoms with Crippen molar-refractivity contribution in [3.8, 4) is 0 Å². The number of nitrogens with zero attached hydrogens (tertiary/aromatic N) is 2. The lowest BCUT2D eigenvalue weighted by Crippen LogP contribution is -2.49. The number of hydrogen-bond acceptors (Lipinski definition) is 2. The monoisotopic (exact) mass is 283 g/mol. The minimum absolute atomic E-state index is 0.0393. The molecule has 3 amide bonds. The van der Waals surface area contributed by atoms with Crippen molar-refractivity contribution in [2.45, 2.75) is 53.5 Å². The third-order valence-electron chi connectivity index (χ3n) is 3.19. The van der Waals surface area contributed by atoms with Crippen LogP contribution in [0.1, 0.15) is 48.0 Å². The second-order valence-corrected chi connectivity index (χ2v) is 7.56. The largest absolute Gasteiger partial charge is 0.340 e. The fourth-order valence-electron chi connectivity index (χ4n) is 2.20. The normalized spacial score (nSPS) is 17.7. The predicted octanol–water partition coefficient (Wildman–Crippen LogP) is 2.07. The number of carbonyl (C=O) groups excluding carboxylic acids is 2. The van der Waals surface area contributed by atoms with Gasteiger partial charge in [0.15, 0.2) is 0 Å². The van der Waals surface area contributed by atoms with E-state index in [0.717, 1.165) is 13.0 Å². The first-order chi connectivity index (χ1) is 9.00. The molecule has 0 radical (unpaired) electrons. The van der Waals surface area contributed by atoms with Gasteiger partial charge in [-0.15, -0.1) is 0 Å². The molecular weight excluding hydrogens is 254 g/mol. The number of rotatable bonds is 0. The van der Waals surface area contributed by atoms with Crippen molar-refractivity contribution in [1.82, 2.24) is 15.1 Å². The Morgan fingerprint density at radius 3 is 1.85 bits per heavy atom. The second-order valence-electron chi connectivity index (χ2n) is 7.56. The molecule has 0 unspecified atom stereocenters. The van der Waals surface area contributed by atoms with Crippen LogP contribution in [-0.2, 0) is 4.79 Å². The van der Waals surface area contributed by atoms with Gasteiger partial charge in [0, 0.05) is 37.1 Å². The molecule has 1 rings (SSSR count). The van der Waals surface area contributed by atoms with Gasteiger partial charge in [-0.2, -0.15) is 0 Å². The van der Waals surface area contributed by atoms with Crippen LogP contribution in [0.4, 0.5) is 4.79 Å². The van der Waals surface area contributed by atoms with Crippen LogP contribution in [0.15, 0.2) is 0 Å². The van der Waals surface area contributed by atoms with E-state index in [1.807, 2.05) is 46.4 Å². The molecule has 1 N–H and O–H groups in total. The summed E-state index contributed by atoms with van der Waals surface area (Å²) in [7, 11) is 0. The first-order valence-corrected chi connectivity index (χ1v) is 7.37. The van der Waals surface area contributed by atoms with Crippen LogP contribution in [0.2, 0.25) is 0 Å². The molecule has 1 aliphatic heterocycles. The number of carbonyl (C=O) groups is 2. The Morgan fingerprint density at radius 1 is 0.850 bits per heavy atom. The van der Waals surface area contributed by atoms with Gasteiger partial charge in [-0.25, -0.2) is 4.79 Å². The highest BCUT2D eigenvalue weighted by atomic mass is 16.2. The molecule has 20 heavy (non-hydrogen) atoms. The summed E-state index contributed by atoms with van der Waals surface area (Å²) in [5.74, 6) is 0.163. The predicted molar refractivity (Wildman–Crippen MR) is 80.5 cm³/mol. The molecular formula is C15H29N3O2. The van der Waals surface area contributed by atoms with Gasteiger partial charge in [-0.3, -0.25) is 4.79 Å².